The summed E-state index contributed by atoms with van der Waals surface area (Å²) in [5.74, 6) is 1.37. The minimum atomic E-state index is 0.480. The van der Waals surface area contributed by atoms with Gasteiger partial charge in [-0.15, -0.1) is 0 Å². The third kappa shape index (κ3) is 1.62. The van der Waals surface area contributed by atoms with Gasteiger partial charge >= 0.3 is 0 Å². The van der Waals surface area contributed by atoms with E-state index in [-0.39, 0.29) is 0 Å². The summed E-state index contributed by atoms with van der Waals surface area (Å²) >= 11 is 5.75. The second-order valence-electron chi connectivity index (χ2n) is 3.10. The molecule has 1 saturated heterocycles. The molecule has 1 aromatic heterocycles. The lowest BCUT2D eigenvalue weighted by Gasteiger charge is -2.28. The molecule has 0 spiro atoms. The lowest BCUT2D eigenvalue weighted by Crippen LogP contribution is -2.40. The van der Waals surface area contributed by atoms with Crippen molar-refractivity contribution in [3.8, 4) is 5.75 Å². The number of rotatable bonds is 2. The van der Waals surface area contributed by atoms with Gasteiger partial charge in [0.15, 0.2) is 0 Å². The van der Waals surface area contributed by atoms with E-state index in [9.17, 15) is 0 Å². The van der Waals surface area contributed by atoms with Gasteiger partial charge in [0.1, 0.15) is 10.9 Å². The summed E-state index contributed by atoms with van der Waals surface area (Å²) in [6.45, 7) is 2.00. The van der Waals surface area contributed by atoms with Gasteiger partial charge in [-0.3, -0.25) is 0 Å². The largest absolute Gasteiger partial charge is 0.496 e. The smallest absolute Gasteiger partial charge is 0.132 e. The van der Waals surface area contributed by atoms with Crippen LogP contribution < -0.4 is 10.1 Å². The second kappa shape index (κ2) is 3.52. The Bertz CT molecular complexity index is 312. The van der Waals surface area contributed by atoms with E-state index >= 15 is 0 Å². The summed E-state index contributed by atoms with van der Waals surface area (Å²) in [6, 6.07) is 1.76. The minimum Gasteiger partial charge on any atom is -0.496 e. The number of methoxy groups -OCH3 is 1. The Balaban J connectivity index is 2.32. The molecule has 0 atom stereocenters. The molecule has 1 N–H and O–H groups in total. The maximum atomic E-state index is 5.75. The molecule has 3 nitrogen and oxygen atoms in total. The van der Waals surface area contributed by atoms with Crippen molar-refractivity contribution in [2.75, 3.05) is 20.2 Å². The van der Waals surface area contributed by atoms with Gasteiger partial charge in [-0.2, -0.15) is 0 Å². The average Bonchev–Trinajstić information content (AvgIpc) is 2.05. The molecule has 1 aromatic rings. The number of nitrogens with zero attached hydrogens (tertiary/aromatic N) is 1. The number of ether oxygens (including phenoxy) is 1. The molecule has 0 saturated carbocycles. The van der Waals surface area contributed by atoms with Crippen LogP contribution in [0.25, 0.3) is 0 Å². The van der Waals surface area contributed by atoms with Crippen molar-refractivity contribution >= 4 is 11.6 Å². The fourth-order valence-electron chi connectivity index (χ4n) is 1.42. The van der Waals surface area contributed by atoms with Crippen molar-refractivity contribution < 1.29 is 4.74 Å². The Morgan fingerprint density at radius 2 is 2.38 bits per heavy atom. The van der Waals surface area contributed by atoms with Crippen LogP contribution in [0.1, 0.15) is 11.5 Å². The molecule has 13 heavy (non-hydrogen) atoms. The topological polar surface area (TPSA) is 34.1 Å². The van der Waals surface area contributed by atoms with Gasteiger partial charge in [-0.1, -0.05) is 11.6 Å². The molecule has 0 aromatic carbocycles. The van der Waals surface area contributed by atoms with E-state index in [0.717, 1.165) is 24.4 Å². The summed E-state index contributed by atoms with van der Waals surface area (Å²) in [5, 5.41) is 3.69. The van der Waals surface area contributed by atoms with Crippen molar-refractivity contribution in [3.05, 3.63) is 23.0 Å². The third-order valence-corrected chi connectivity index (χ3v) is 2.51. The summed E-state index contributed by atoms with van der Waals surface area (Å²) in [5.41, 5.74) is 1.14. The summed E-state index contributed by atoms with van der Waals surface area (Å²) in [4.78, 5) is 4.05. The van der Waals surface area contributed by atoms with Crippen molar-refractivity contribution in [3.63, 3.8) is 0 Å². The highest BCUT2D eigenvalue weighted by molar-refractivity contribution is 6.29. The van der Waals surface area contributed by atoms with Crippen LogP contribution >= 0.6 is 11.6 Å². The zero-order chi connectivity index (χ0) is 9.26. The quantitative estimate of drug-likeness (QED) is 0.731. The normalized spacial score (nSPS) is 16.8. The first kappa shape index (κ1) is 8.78. The SMILES string of the molecule is COc1cc(Cl)ncc1C1CNC1. The Hall–Kier alpha value is -0.800. The van der Waals surface area contributed by atoms with Gasteiger partial charge in [-0.25, -0.2) is 4.98 Å². The van der Waals surface area contributed by atoms with Gasteiger partial charge in [0.05, 0.1) is 7.11 Å². The number of hydrogen-bond donors (Lipinski definition) is 1. The number of hydrogen-bond acceptors (Lipinski definition) is 3. The number of nitrogens with one attached hydrogen (secondary N) is 1. The summed E-state index contributed by atoms with van der Waals surface area (Å²) in [6.07, 6.45) is 1.80. The Labute approximate surface area is 82.1 Å². The molecule has 0 amide bonds. The van der Waals surface area contributed by atoms with E-state index in [1.807, 2.05) is 0 Å². The Morgan fingerprint density at radius 3 is 2.92 bits per heavy atom. The molecule has 1 fully saturated rings. The van der Waals surface area contributed by atoms with E-state index in [1.165, 1.54) is 0 Å². The predicted octanol–water partition coefficient (Wildman–Crippen LogP) is 1.43. The number of halogens is 1. The molecule has 4 heteroatoms. The Kier molecular flexibility index (Phi) is 2.38. The number of aromatic nitrogens is 1. The molecule has 0 bridgehead atoms. The van der Waals surface area contributed by atoms with Crippen LogP contribution in [0.3, 0.4) is 0 Å². The third-order valence-electron chi connectivity index (χ3n) is 2.30. The average molecular weight is 199 g/mol. The van der Waals surface area contributed by atoms with Gasteiger partial charge < -0.3 is 10.1 Å². The first-order valence-electron chi connectivity index (χ1n) is 4.21. The first-order valence-corrected chi connectivity index (χ1v) is 4.59. The van der Waals surface area contributed by atoms with Crippen LogP contribution in [-0.2, 0) is 0 Å². The van der Waals surface area contributed by atoms with Crippen molar-refractivity contribution in [2.24, 2.45) is 0 Å². The zero-order valence-electron chi connectivity index (χ0n) is 7.38. The van der Waals surface area contributed by atoms with Crippen LogP contribution in [0.4, 0.5) is 0 Å². The molecule has 0 radical (unpaired) electrons. The minimum absolute atomic E-state index is 0.480. The van der Waals surface area contributed by atoms with E-state index in [4.69, 9.17) is 16.3 Å². The predicted molar refractivity (Wildman–Crippen MR) is 51.4 cm³/mol. The molecule has 70 valence electrons. The molecular weight excluding hydrogens is 188 g/mol. The second-order valence-corrected chi connectivity index (χ2v) is 3.49. The van der Waals surface area contributed by atoms with Gasteiger partial charge in [-0.05, 0) is 0 Å². The number of pyridine rings is 1. The molecule has 1 aliphatic rings. The first-order chi connectivity index (χ1) is 6.31. The monoisotopic (exact) mass is 198 g/mol. The molecular formula is C9H11ClN2O. The van der Waals surface area contributed by atoms with Crippen LogP contribution in [0, 0.1) is 0 Å². The van der Waals surface area contributed by atoms with E-state index in [1.54, 1.807) is 19.4 Å². The standard InChI is InChI=1S/C9H11ClN2O/c1-13-8-2-9(10)12-5-7(8)6-3-11-4-6/h2,5-6,11H,3-4H2,1H3. The molecule has 2 rings (SSSR count). The maximum absolute atomic E-state index is 5.75. The van der Waals surface area contributed by atoms with Crippen LogP contribution in [0.15, 0.2) is 12.3 Å². The molecule has 0 aliphatic carbocycles. The van der Waals surface area contributed by atoms with Gasteiger partial charge in [0.25, 0.3) is 0 Å². The van der Waals surface area contributed by atoms with Crippen molar-refractivity contribution in [2.45, 2.75) is 5.92 Å². The lowest BCUT2D eigenvalue weighted by atomic mass is 9.94. The van der Waals surface area contributed by atoms with Crippen LogP contribution in [-0.4, -0.2) is 25.2 Å². The van der Waals surface area contributed by atoms with E-state index in [2.05, 4.69) is 10.3 Å². The van der Waals surface area contributed by atoms with Gasteiger partial charge in [0.2, 0.25) is 0 Å². The van der Waals surface area contributed by atoms with Crippen LogP contribution in [0.2, 0.25) is 5.15 Å². The van der Waals surface area contributed by atoms with E-state index < -0.39 is 0 Å². The molecule has 0 unspecified atom stereocenters. The molecule has 2 heterocycles. The highest BCUT2D eigenvalue weighted by atomic mass is 35.5. The van der Waals surface area contributed by atoms with E-state index in [0.29, 0.717) is 11.1 Å². The highest BCUT2D eigenvalue weighted by Gasteiger charge is 2.22. The molecule has 1 aliphatic heterocycles. The summed E-state index contributed by atoms with van der Waals surface area (Å²) < 4.78 is 5.23. The summed E-state index contributed by atoms with van der Waals surface area (Å²) in [7, 11) is 1.65. The highest BCUT2D eigenvalue weighted by Crippen LogP contribution is 2.29. The van der Waals surface area contributed by atoms with Gasteiger partial charge in [0, 0.05) is 36.8 Å². The van der Waals surface area contributed by atoms with Crippen LogP contribution in [0.5, 0.6) is 5.75 Å². The lowest BCUT2D eigenvalue weighted by molar-refractivity contribution is 0.384. The Morgan fingerprint density at radius 1 is 1.62 bits per heavy atom. The van der Waals surface area contributed by atoms with Crippen molar-refractivity contribution in [1.29, 1.82) is 0 Å². The fraction of sp³-hybridized carbons (Fsp3) is 0.444. The van der Waals surface area contributed by atoms with Crippen molar-refractivity contribution in [1.82, 2.24) is 10.3 Å². The zero-order valence-corrected chi connectivity index (χ0v) is 8.14. The maximum Gasteiger partial charge on any atom is 0.132 e. The fourth-order valence-corrected chi connectivity index (χ4v) is 1.56.